The van der Waals surface area contributed by atoms with Crippen molar-refractivity contribution in [2.45, 2.75) is 31.7 Å². The number of halogens is 1. The minimum Gasteiger partial charge on any atom is -0.347 e. The molecule has 15 heavy (non-hydrogen) atoms. The molecule has 0 spiro atoms. The fraction of sp³-hybridized carbons (Fsp3) is 0.417. The maximum Gasteiger partial charge on any atom is 0.251 e. The van der Waals surface area contributed by atoms with Crippen LogP contribution in [0.5, 0.6) is 0 Å². The van der Waals surface area contributed by atoms with Gasteiger partial charge in [0.1, 0.15) is 0 Å². The van der Waals surface area contributed by atoms with E-state index in [-0.39, 0.29) is 11.4 Å². The maximum atomic E-state index is 11.8. The molecule has 0 atom stereocenters. The van der Waals surface area contributed by atoms with E-state index < -0.39 is 0 Å². The first-order valence-corrected chi connectivity index (χ1v) is 6.03. The van der Waals surface area contributed by atoms with Gasteiger partial charge in [-0.3, -0.25) is 4.79 Å². The molecule has 3 heteroatoms. The highest BCUT2D eigenvalue weighted by Crippen LogP contribution is 2.38. The Labute approximate surface area is 98.2 Å². The van der Waals surface area contributed by atoms with E-state index >= 15 is 0 Å². The van der Waals surface area contributed by atoms with Crippen LogP contribution in [0.3, 0.4) is 0 Å². The Balaban J connectivity index is 2.05. The molecule has 1 aliphatic carbocycles. The molecule has 0 bridgehead atoms. The second-order valence-corrected chi connectivity index (χ2v) is 5.01. The van der Waals surface area contributed by atoms with Gasteiger partial charge in [0, 0.05) is 15.6 Å². The Morgan fingerprint density at radius 2 is 2.00 bits per heavy atom. The molecule has 2 nitrogen and oxygen atoms in total. The van der Waals surface area contributed by atoms with E-state index in [1.807, 2.05) is 24.3 Å². The van der Waals surface area contributed by atoms with Gasteiger partial charge in [0.2, 0.25) is 0 Å². The van der Waals surface area contributed by atoms with Crippen molar-refractivity contribution in [3.63, 3.8) is 0 Å². The molecule has 0 saturated heterocycles. The van der Waals surface area contributed by atoms with Gasteiger partial charge < -0.3 is 5.32 Å². The first kappa shape index (κ1) is 10.7. The van der Waals surface area contributed by atoms with Crippen molar-refractivity contribution in [3.05, 3.63) is 34.3 Å². The third-order valence-electron chi connectivity index (χ3n) is 3.02. The number of amides is 1. The lowest BCUT2D eigenvalue weighted by atomic mass is 10.1. The maximum absolute atomic E-state index is 11.8. The number of hydrogen-bond donors (Lipinski definition) is 1. The van der Waals surface area contributed by atoms with Gasteiger partial charge in [-0.25, -0.2) is 0 Å². The summed E-state index contributed by atoms with van der Waals surface area (Å²) in [6.45, 7) is 2.12. The minimum absolute atomic E-state index is 0.0434. The summed E-state index contributed by atoms with van der Waals surface area (Å²) >= 11 is 3.35. The number of carbonyl (C=O) groups is 1. The Morgan fingerprint density at radius 1 is 1.40 bits per heavy atom. The molecule has 1 aromatic carbocycles. The Morgan fingerprint density at radius 3 is 2.47 bits per heavy atom. The summed E-state index contributed by atoms with van der Waals surface area (Å²) in [4.78, 5) is 11.8. The van der Waals surface area contributed by atoms with Gasteiger partial charge in [-0.05, 0) is 43.5 Å². The number of nitrogens with one attached hydrogen (secondary N) is 1. The highest BCUT2D eigenvalue weighted by molar-refractivity contribution is 9.10. The number of rotatable bonds is 3. The molecule has 1 amide bonds. The van der Waals surface area contributed by atoms with Crippen LogP contribution in [0.1, 0.15) is 36.5 Å². The van der Waals surface area contributed by atoms with Crippen LogP contribution < -0.4 is 5.32 Å². The monoisotopic (exact) mass is 267 g/mol. The van der Waals surface area contributed by atoms with Crippen LogP contribution in [0, 0.1) is 0 Å². The molecule has 0 unspecified atom stereocenters. The molecule has 2 rings (SSSR count). The van der Waals surface area contributed by atoms with Crippen molar-refractivity contribution in [1.82, 2.24) is 5.32 Å². The summed E-state index contributed by atoms with van der Waals surface area (Å²) < 4.78 is 0.996. The first-order chi connectivity index (χ1) is 7.15. The van der Waals surface area contributed by atoms with E-state index in [1.54, 1.807) is 0 Å². The summed E-state index contributed by atoms with van der Waals surface area (Å²) in [5.41, 5.74) is 0.836. The van der Waals surface area contributed by atoms with Gasteiger partial charge in [0.05, 0.1) is 0 Å². The fourth-order valence-electron chi connectivity index (χ4n) is 1.63. The number of carbonyl (C=O) groups excluding carboxylic acids is 1. The summed E-state index contributed by atoms with van der Waals surface area (Å²) in [5, 5.41) is 3.10. The molecule has 1 fully saturated rings. The smallest absolute Gasteiger partial charge is 0.251 e. The molecule has 0 aromatic heterocycles. The lowest BCUT2D eigenvalue weighted by molar-refractivity contribution is 0.0930. The lowest BCUT2D eigenvalue weighted by Crippen LogP contribution is -2.36. The summed E-state index contributed by atoms with van der Waals surface area (Å²) in [6.07, 6.45) is 3.26. The highest BCUT2D eigenvalue weighted by Gasteiger charge is 2.42. The summed E-state index contributed by atoms with van der Waals surface area (Å²) in [6, 6.07) is 7.46. The van der Waals surface area contributed by atoms with Gasteiger partial charge in [-0.1, -0.05) is 22.9 Å². The van der Waals surface area contributed by atoms with Gasteiger partial charge in [-0.15, -0.1) is 0 Å². The van der Waals surface area contributed by atoms with Crippen LogP contribution in [-0.2, 0) is 0 Å². The predicted octanol–water partition coefficient (Wildman–Crippen LogP) is 3.12. The van der Waals surface area contributed by atoms with Crippen LogP contribution in [0.2, 0.25) is 0 Å². The van der Waals surface area contributed by atoms with Crippen molar-refractivity contribution in [2.24, 2.45) is 0 Å². The number of benzene rings is 1. The van der Waals surface area contributed by atoms with Gasteiger partial charge in [-0.2, -0.15) is 0 Å². The molecular formula is C12H14BrNO. The second-order valence-electron chi connectivity index (χ2n) is 4.09. The fourth-order valence-corrected chi connectivity index (χ4v) is 1.90. The SMILES string of the molecule is CCC1(NC(=O)c2ccc(Br)cc2)CC1. The van der Waals surface area contributed by atoms with Gasteiger partial charge in [0.15, 0.2) is 0 Å². The third kappa shape index (κ3) is 2.40. The minimum atomic E-state index is 0.0434. The quantitative estimate of drug-likeness (QED) is 0.896. The largest absolute Gasteiger partial charge is 0.347 e. The van der Waals surface area contributed by atoms with E-state index in [2.05, 4.69) is 28.2 Å². The zero-order valence-electron chi connectivity index (χ0n) is 8.72. The topological polar surface area (TPSA) is 29.1 Å². The summed E-state index contributed by atoms with van der Waals surface area (Å²) in [5.74, 6) is 0.0434. The lowest BCUT2D eigenvalue weighted by Gasteiger charge is -2.14. The van der Waals surface area contributed by atoms with Crippen LogP contribution in [0.25, 0.3) is 0 Å². The van der Waals surface area contributed by atoms with Gasteiger partial charge >= 0.3 is 0 Å². The molecular weight excluding hydrogens is 254 g/mol. The van der Waals surface area contributed by atoms with Crippen molar-refractivity contribution < 1.29 is 4.79 Å². The highest BCUT2D eigenvalue weighted by atomic mass is 79.9. The third-order valence-corrected chi connectivity index (χ3v) is 3.54. The molecule has 80 valence electrons. The van der Waals surface area contributed by atoms with Crippen molar-refractivity contribution in [3.8, 4) is 0 Å². The van der Waals surface area contributed by atoms with Gasteiger partial charge in [0.25, 0.3) is 5.91 Å². The average molecular weight is 268 g/mol. The molecule has 1 aliphatic rings. The normalized spacial score (nSPS) is 17.2. The van der Waals surface area contributed by atoms with Crippen LogP contribution in [-0.4, -0.2) is 11.4 Å². The first-order valence-electron chi connectivity index (χ1n) is 5.23. The Kier molecular flexibility index (Phi) is 2.83. The molecule has 0 heterocycles. The van der Waals surface area contributed by atoms with E-state index in [1.165, 1.54) is 0 Å². The van der Waals surface area contributed by atoms with Crippen molar-refractivity contribution in [2.75, 3.05) is 0 Å². The molecule has 0 radical (unpaired) electrons. The zero-order valence-corrected chi connectivity index (χ0v) is 10.3. The molecule has 1 N–H and O–H groups in total. The van der Waals surface area contributed by atoms with E-state index in [9.17, 15) is 4.79 Å². The standard InChI is InChI=1S/C12H14BrNO/c1-2-12(7-8-12)14-11(15)9-3-5-10(13)6-4-9/h3-6H,2,7-8H2,1H3,(H,14,15). The van der Waals surface area contributed by atoms with Crippen LogP contribution in [0.4, 0.5) is 0 Å². The van der Waals surface area contributed by atoms with Crippen molar-refractivity contribution in [1.29, 1.82) is 0 Å². The van der Waals surface area contributed by atoms with Crippen LogP contribution in [0.15, 0.2) is 28.7 Å². The molecule has 1 aromatic rings. The van der Waals surface area contributed by atoms with Crippen LogP contribution >= 0.6 is 15.9 Å². The zero-order chi connectivity index (χ0) is 10.9. The number of hydrogen-bond acceptors (Lipinski definition) is 1. The summed E-state index contributed by atoms with van der Waals surface area (Å²) in [7, 11) is 0. The van der Waals surface area contributed by atoms with E-state index in [0.29, 0.717) is 0 Å². The van der Waals surface area contributed by atoms with Crippen molar-refractivity contribution >= 4 is 21.8 Å². The second kappa shape index (κ2) is 3.97. The molecule has 1 saturated carbocycles. The predicted molar refractivity (Wildman–Crippen MR) is 63.9 cm³/mol. The average Bonchev–Trinajstić information content (AvgIpc) is 2.99. The Hall–Kier alpha value is -0.830. The Bertz CT molecular complexity index is 368. The van der Waals surface area contributed by atoms with E-state index in [4.69, 9.17) is 0 Å². The van der Waals surface area contributed by atoms with E-state index in [0.717, 1.165) is 29.3 Å². The molecule has 0 aliphatic heterocycles.